The minimum atomic E-state index is 0.0758. The number of benzene rings is 1. The van der Waals surface area contributed by atoms with Gasteiger partial charge in [0.1, 0.15) is 0 Å². The van der Waals surface area contributed by atoms with Gasteiger partial charge in [0.2, 0.25) is 5.91 Å². The Balaban J connectivity index is 1.97. The van der Waals surface area contributed by atoms with Gasteiger partial charge in [-0.05, 0) is 24.6 Å². The van der Waals surface area contributed by atoms with E-state index >= 15 is 0 Å². The molecule has 0 spiro atoms. The minimum absolute atomic E-state index is 0.0758. The summed E-state index contributed by atoms with van der Waals surface area (Å²) in [6.07, 6.45) is 5.43. The van der Waals surface area contributed by atoms with Gasteiger partial charge in [0.05, 0.1) is 12.9 Å². The Bertz CT molecular complexity index is 546. The van der Waals surface area contributed by atoms with Crippen LogP contribution >= 0.6 is 0 Å². The Labute approximate surface area is 119 Å². The smallest absolute Gasteiger partial charge is 0.236 e. The average Bonchev–Trinajstić information content (AvgIpc) is 2.98. The summed E-state index contributed by atoms with van der Waals surface area (Å²) in [6.45, 7) is 2.40. The van der Waals surface area contributed by atoms with Crippen molar-refractivity contribution in [2.45, 2.75) is 13.0 Å². The third kappa shape index (κ3) is 3.45. The molecule has 5 heteroatoms. The summed E-state index contributed by atoms with van der Waals surface area (Å²) in [7, 11) is 3.52. The molecule has 0 aliphatic carbocycles. The lowest BCUT2D eigenvalue weighted by Gasteiger charge is -2.16. The predicted octanol–water partition coefficient (Wildman–Crippen LogP) is 1.61. The molecule has 1 amide bonds. The molecule has 0 aliphatic rings. The molecule has 2 rings (SSSR count). The quantitative estimate of drug-likeness (QED) is 0.899. The monoisotopic (exact) mass is 272 g/mol. The highest BCUT2D eigenvalue weighted by Crippen LogP contribution is 2.15. The lowest BCUT2D eigenvalue weighted by molar-refractivity contribution is -0.127. The zero-order valence-electron chi connectivity index (χ0n) is 12.1. The number of nitrogens with one attached hydrogen (secondary N) is 1. The fourth-order valence-electron chi connectivity index (χ4n) is 1.86. The molecule has 106 valence electrons. The van der Waals surface area contributed by atoms with Crippen LogP contribution in [0, 0.1) is 0 Å². The Morgan fingerprint density at radius 3 is 2.60 bits per heavy atom. The number of imidazole rings is 1. The highest BCUT2D eigenvalue weighted by molar-refractivity contribution is 5.77. The summed E-state index contributed by atoms with van der Waals surface area (Å²) >= 11 is 0. The van der Waals surface area contributed by atoms with Crippen molar-refractivity contribution in [1.29, 1.82) is 0 Å². The van der Waals surface area contributed by atoms with Gasteiger partial charge in [-0.3, -0.25) is 4.79 Å². The second kappa shape index (κ2) is 6.34. The molecule has 1 heterocycles. The number of carbonyl (C=O) groups is 1. The van der Waals surface area contributed by atoms with E-state index in [1.54, 1.807) is 31.5 Å². The van der Waals surface area contributed by atoms with Crippen molar-refractivity contribution >= 4 is 5.91 Å². The molecule has 20 heavy (non-hydrogen) atoms. The standard InChI is InChI=1S/C15H20N4O/c1-12(17-10-15(20)18(2)3)13-4-6-14(7-5-13)19-9-8-16-11-19/h4-9,11-12,17H,10H2,1-3H3. The highest BCUT2D eigenvalue weighted by atomic mass is 16.2. The lowest BCUT2D eigenvalue weighted by Crippen LogP contribution is -2.34. The van der Waals surface area contributed by atoms with Gasteiger partial charge in [0.25, 0.3) is 0 Å². The minimum Gasteiger partial charge on any atom is -0.348 e. The van der Waals surface area contributed by atoms with Crippen LogP contribution in [0.25, 0.3) is 5.69 Å². The molecule has 0 radical (unpaired) electrons. The van der Waals surface area contributed by atoms with E-state index in [2.05, 4.69) is 29.4 Å². The summed E-state index contributed by atoms with van der Waals surface area (Å²) in [5.74, 6) is 0.0758. The molecule has 5 nitrogen and oxygen atoms in total. The highest BCUT2D eigenvalue weighted by Gasteiger charge is 2.09. The van der Waals surface area contributed by atoms with Crippen LogP contribution in [0.1, 0.15) is 18.5 Å². The second-order valence-electron chi connectivity index (χ2n) is 4.95. The van der Waals surface area contributed by atoms with Crippen molar-refractivity contribution in [1.82, 2.24) is 19.8 Å². The average molecular weight is 272 g/mol. The molecule has 1 atom stereocenters. The van der Waals surface area contributed by atoms with Crippen molar-refractivity contribution < 1.29 is 4.79 Å². The molecular formula is C15H20N4O. The van der Waals surface area contributed by atoms with E-state index in [1.165, 1.54) is 0 Å². The maximum Gasteiger partial charge on any atom is 0.236 e. The van der Waals surface area contributed by atoms with Gasteiger partial charge in [0.15, 0.2) is 0 Å². The van der Waals surface area contributed by atoms with Gasteiger partial charge < -0.3 is 14.8 Å². The van der Waals surface area contributed by atoms with Crippen LogP contribution < -0.4 is 5.32 Å². The molecule has 0 saturated heterocycles. The molecule has 1 unspecified atom stereocenters. The van der Waals surface area contributed by atoms with E-state index in [9.17, 15) is 4.79 Å². The number of nitrogens with zero attached hydrogens (tertiary/aromatic N) is 3. The third-order valence-corrected chi connectivity index (χ3v) is 3.25. The zero-order valence-corrected chi connectivity index (χ0v) is 12.1. The number of amides is 1. The number of hydrogen-bond donors (Lipinski definition) is 1. The van der Waals surface area contributed by atoms with Crippen LogP contribution in [0.15, 0.2) is 43.0 Å². The number of hydrogen-bond acceptors (Lipinski definition) is 3. The summed E-state index contributed by atoms with van der Waals surface area (Å²) in [6, 6.07) is 8.35. The summed E-state index contributed by atoms with van der Waals surface area (Å²) in [5.41, 5.74) is 2.23. The first-order valence-electron chi connectivity index (χ1n) is 6.60. The SMILES string of the molecule is CC(NCC(=O)N(C)C)c1ccc(-n2ccnc2)cc1. The molecule has 1 aromatic carbocycles. The van der Waals surface area contributed by atoms with Crippen LogP contribution in [-0.4, -0.2) is 41.0 Å². The van der Waals surface area contributed by atoms with Crippen molar-refractivity contribution in [3.05, 3.63) is 48.5 Å². The van der Waals surface area contributed by atoms with Crippen LogP contribution in [0.2, 0.25) is 0 Å². The van der Waals surface area contributed by atoms with Gasteiger partial charge in [-0.1, -0.05) is 12.1 Å². The topological polar surface area (TPSA) is 50.2 Å². The lowest BCUT2D eigenvalue weighted by atomic mass is 10.1. The molecule has 1 aromatic heterocycles. The van der Waals surface area contributed by atoms with Crippen molar-refractivity contribution in [3.8, 4) is 5.69 Å². The first kappa shape index (κ1) is 14.3. The Morgan fingerprint density at radius 1 is 1.35 bits per heavy atom. The van der Waals surface area contributed by atoms with Gasteiger partial charge in [0, 0.05) is 38.2 Å². The van der Waals surface area contributed by atoms with E-state index < -0.39 is 0 Å². The Kier molecular flexibility index (Phi) is 4.53. The maximum absolute atomic E-state index is 11.5. The molecular weight excluding hydrogens is 252 g/mol. The van der Waals surface area contributed by atoms with E-state index in [0.717, 1.165) is 11.3 Å². The van der Waals surface area contributed by atoms with Crippen LogP contribution in [0.4, 0.5) is 0 Å². The van der Waals surface area contributed by atoms with Crippen LogP contribution in [-0.2, 0) is 4.79 Å². The number of rotatable bonds is 5. The second-order valence-corrected chi connectivity index (χ2v) is 4.95. The normalized spacial score (nSPS) is 12.2. The number of carbonyl (C=O) groups excluding carboxylic acids is 1. The Hall–Kier alpha value is -2.14. The van der Waals surface area contributed by atoms with E-state index in [-0.39, 0.29) is 11.9 Å². The van der Waals surface area contributed by atoms with Crippen molar-refractivity contribution in [3.63, 3.8) is 0 Å². The fraction of sp³-hybridized carbons (Fsp3) is 0.333. The molecule has 2 aromatic rings. The van der Waals surface area contributed by atoms with Gasteiger partial charge in [-0.25, -0.2) is 4.98 Å². The fourth-order valence-corrected chi connectivity index (χ4v) is 1.86. The summed E-state index contributed by atoms with van der Waals surface area (Å²) in [4.78, 5) is 17.2. The molecule has 0 fully saturated rings. The number of aromatic nitrogens is 2. The number of likely N-dealkylation sites (N-methyl/N-ethyl adjacent to an activating group) is 1. The van der Waals surface area contributed by atoms with Crippen molar-refractivity contribution in [2.75, 3.05) is 20.6 Å². The maximum atomic E-state index is 11.5. The van der Waals surface area contributed by atoms with E-state index in [1.807, 2.05) is 22.9 Å². The van der Waals surface area contributed by atoms with Gasteiger partial charge in [-0.2, -0.15) is 0 Å². The molecule has 0 bridgehead atoms. The van der Waals surface area contributed by atoms with Gasteiger partial charge >= 0.3 is 0 Å². The van der Waals surface area contributed by atoms with Crippen molar-refractivity contribution in [2.24, 2.45) is 0 Å². The summed E-state index contributed by atoms with van der Waals surface area (Å²) < 4.78 is 1.96. The third-order valence-electron chi connectivity index (χ3n) is 3.25. The van der Waals surface area contributed by atoms with Gasteiger partial charge in [-0.15, -0.1) is 0 Å². The zero-order chi connectivity index (χ0) is 14.5. The first-order chi connectivity index (χ1) is 9.58. The predicted molar refractivity (Wildman–Crippen MR) is 78.7 cm³/mol. The van der Waals surface area contributed by atoms with E-state index in [4.69, 9.17) is 0 Å². The van der Waals surface area contributed by atoms with Crippen LogP contribution in [0.3, 0.4) is 0 Å². The largest absolute Gasteiger partial charge is 0.348 e. The molecule has 1 N–H and O–H groups in total. The molecule has 0 saturated carbocycles. The van der Waals surface area contributed by atoms with Crippen LogP contribution in [0.5, 0.6) is 0 Å². The first-order valence-corrected chi connectivity index (χ1v) is 6.60. The molecule has 0 aliphatic heterocycles. The summed E-state index contributed by atoms with van der Waals surface area (Å²) in [5, 5.41) is 3.22. The van der Waals surface area contributed by atoms with E-state index in [0.29, 0.717) is 6.54 Å². The Morgan fingerprint density at radius 2 is 2.05 bits per heavy atom.